The molecule has 1 fully saturated rings. The van der Waals surface area contributed by atoms with E-state index in [0.717, 1.165) is 34.1 Å². The molecule has 0 radical (unpaired) electrons. The third-order valence-electron chi connectivity index (χ3n) is 4.99. The number of carbonyl (C=O) groups is 1. The number of carbonyl (C=O) groups excluding carboxylic acids is 1. The molecule has 158 valence electrons. The lowest BCUT2D eigenvalue weighted by Gasteiger charge is -2.12. The van der Waals surface area contributed by atoms with Gasteiger partial charge in [0, 0.05) is 28.3 Å². The van der Waals surface area contributed by atoms with Gasteiger partial charge in [-0.1, -0.05) is 15.9 Å². The summed E-state index contributed by atoms with van der Waals surface area (Å²) < 4.78 is 40.0. The first-order chi connectivity index (χ1) is 14.2. The summed E-state index contributed by atoms with van der Waals surface area (Å²) in [6.07, 6.45) is -1.46. The third kappa shape index (κ3) is 4.61. The highest BCUT2D eigenvalue weighted by Gasteiger charge is 2.26. The van der Waals surface area contributed by atoms with E-state index in [1.807, 2.05) is 29.7 Å². The van der Waals surface area contributed by atoms with Crippen LogP contribution in [-0.4, -0.2) is 34.2 Å². The van der Waals surface area contributed by atoms with Gasteiger partial charge in [-0.2, -0.15) is 13.2 Å². The van der Waals surface area contributed by atoms with Gasteiger partial charge in [0.05, 0.1) is 17.6 Å². The molecule has 1 saturated carbocycles. The fraction of sp³-hybridized carbons (Fsp3) is 0.333. The van der Waals surface area contributed by atoms with Crippen molar-refractivity contribution >= 4 is 38.6 Å². The van der Waals surface area contributed by atoms with Crippen molar-refractivity contribution in [1.29, 1.82) is 0 Å². The molecule has 1 heterocycles. The van der Waals surface area contributed by atoms with Crippen LogP contribution < -0.4 is 10.6 Å². The molecular formula is C21H20BrF3N4O. The van der Waals surface area contributed by atoms with E-state index in [2.05, 4.69) is 31.5 Å². The maximum absolute atomic E-state index is 12.5. The van der Waals surface area contributed by atoms with Gasteiger partial charge in [-0.15, -0.1) is 0 Å². The number of hydrogen-bond acceptors (Lipinski definition) is 3. The largest absolute Gasteiger partial charge is 0.390 e. The van der Waals surface area contributed by atoms with Gasteiger partial charge in [-0.25, -0.2) is 4.98 Å². The van der Waals surface area contributed by atoms with Crippen LogP contribution in [0.15, 0.2) is 41.1 Å². The Hall–Kier alpha value is -2.55. The standard InChI is InChI=1S/C21H20BrF3N4O/c1-12-8-15(4-5-16(12)20(30)28-14-2-3-14)29-11-27-19-17(9-13(22)10-18(19)29)26-7-6-21(23,24)25/h4-5,8-11,14,26H,2-3,6-7H2,1H3,(H,28,30). The summed E-state index contributed by atoms with van der Waals surface area (Å²) in [4.78, 5) is 16.8. The lowest BCUT2D eigenvalue weighted by atomic mass is 10.1. The number of nitrogens with zero attached hydrogens (tertiary/aromatic N) is 2. The van der Waals surface area contributed by atoms with Crippen LogP contribution >= 0.6 is 15.9 Å². The van der Waals surface area contributed by atoms with Gasteiger partial charge >= 0.3 is 6.18 Å². The van der Waals surface area contributed by atoms with E-state index in [0.29, 0.717) is 16.8 Å². The zero-order valence-corrected chi connectivity index (χ0v) is 17.8. The molecular weight excluding hydrogens is 461 g/mol. The van der Waals surface area contributed by atoms with Gasteiger partial charge in [0.2, 0.25) is 0 Å². The van der Waals surface area contributed by atoms with Crippen LogP contribution in [0.3, 0.4) is 0 Å². The van der Waals surface area contributed by atoms with Crippen LogP contribution in [0.25, 0.3) is 16.7 Å². The molecule has 0 unspecified atom stereocenters. The van der Waals surface area contributed by atoms with Crippen molar-refractivity contribution in [1.82, 2.24) is 14.9 Å². The number of anilines is 1. The van der Waals surface area contributed by atoms with Crippen LogP contribution in [0.5, 0.6) is 0 Å². The fourth-order valence-corrected chi connectivity index (χ4v) is 3.75. The Labute approximate surface area is 179 Å². The molecule has 0 bridgehead atoms. The molecule has 9 heteroatoms. The molecule has 4 rings (SSSR count). The Balaban J connectivity index is 1.63. The zero-order chi connectivity index (χ0) is 21.5. The Morgan fingerprint density at radius 1 is 1.27 bits per heavy atom. The number of benzene rings is 2. The topological polar surface area (TPSA) is 59.0 Å². The van der Waals surface area contributed by atoms with Crippen LogP contribution in [0.1, 0.15) is 35.2 Å². The minimum absolute atomic E-state index is 0.0732. The number of halogens is 4. The first-order valence-electron chi connectivity index (χ1n) is 9.60. The van der Waals surface area contributed by atoms with Crippen molar-refractivity contribution < 1.29 is 18.0 Å². The lowest BCUT2D eigenvalue weighted by molar-refractivity contribution is -0.131. The number of aryl methyl sites for hydroxylation is 1. The normalized spacial score (nSPS) is 14.2. The average molecular weight is 481 g/mol. The Morgan fingerprint density at radius 3 is 2.70 bits per heavy atom. The predicted molar refractivity (Wildman–Crippen MR) is 113 cm³/mol. The number of aromatic nitrogens is 2. The van der Waals surface area contributed by atoms with E-state index in [4.69, 9.17) is 0 Å². The molecule has 1 aromatic heterocycles. The smallest absolute Gasteiger partial charge is 0.383 e. The summed E-state index contributed by atoms with van der Waals surface area (Å²) in [5.74, 6) is -0.0732. The van der Waals surface area contributed by atoms with Crippen molar-refractivity contribution in [2.24, 2.45) is 0 Å². The number of alkyl halides is 3. The summed E-state index contributed by atoms with van der Waals surface area (Å²) in [5.41, 5.74) is 4.13. The van der Waals surface area contributed by atoms with Gasteiger partial charge < -0.3 is 10.6 Å². The Morgan fingerprint density at radius 2 is 2.03 bits per heavy atom. The minimum atomic E-state index is -4.22. The highest BCUT2D eigenvalue weighted by atomic mass is 79.9. The minimum Gasteiger partial charge on any atom is -0.383 e. The van der Waals surface area contributed by atoms with Crippen molar-refractivity contribution in [2.75, 3.05) is 11.9 Å². The van der Waals surface area contributed by atoms with E-state index < -0.39 is 12.6 Å². The second-order valence-corrected chi connectivity index (χ2v) is 8.39. The van der Waals surface area contributed by atoms with Crippen LogP contribution in [-0.2, 0) is 0 Å². The van der Waals surface area contributed by atoms with Gasteiger partial charge in [-0.3, -0.25) is 9.36 Å². The average Bonchev–Trinajstić information content (AvgIpc) is 3.36. The van der Waals surface area contributed by atoms with Gasteiger partial charge in [0.1, 0.15) is 11.8 Å². The molecule has 1 aliphatic rings. The molecule has 0 saturated heterocycles. The Kier molecular flexibility index (Phi) is 5.48. The second kappa shape index (κ2) is 7.94. The molecule has 2 aromatic carbocycles. The SMILES string of the molecule is Cc1cc(-n2cnc3c(NCCC(F)(F)F)cc(Br)cc32)ccc1C(=O)NC1CC1. The molecule has 30 heavy (non-hydrogen) atoms. The number of hydrogen-bond donors (Lipinski definition) is 2. The van der Waals surface area contributed by atoms with Gasteiger partial charge in [0.25, 0.3) is 5.91 Å². The van der Waals surface area contributed by atoms with E-state index in [1.54, 1.807) is 18.5 Å². The quantitative estimate of drug-likeness (QED) is 0.499. The number of nitrogens with one attached hydrogen (secondary N) is 2. The predicted octanol–water partition coefficient (Wildman–Crippen LogP) is 5.35. The van der Waals surface area contributed by atoms with Crippen LogP contribution in [0.2, 0.25) is 0 Å². The first-order valence-corrected chi connectivity index (χ1v) is 10.4. The van der Waals surface area contributed by atoms with E-state index >= 15 is 0 Å². The summed E-state index contributed by atoms with van der Waals surface area (Å²) >= 11 is 3.42. The van der Waals surface area contributed by atoms with Crippen molar-refractivity contribution in [2.45, 2.75) is 38.4 Å². The molecule has 1 amide bonds. The second-order valence-electron chi connectivity index (χ2n) is 7.47. The van der Waals surface area contributed by atoms with Gasteiger partial charge in [-0.05, 0) is 55.7 Å². The molecule has 0 spiro atoms. The number of fused-ring (bicyclic) bond motifs is 1. The Bertz CT molecular complexity index is 1110. The lowest BCUT2D eigenvalue weighted by Crippen LogP contribution is -2.26. The van der Waals surface area contributed by atoms with Crippen molar-refractivity contribution in [3.63, 3.8) is 0 Å². The highest BCUT2D eigenvalue weighted by Crippen LogP contribution is 2.30. The molecule has 1 aliphatic carbocycles. The molecule has 5 nitrogen and oxygen atoms in total. The maximum Gasteiger partial charge on any atom is 0.390 e. The molecule has 0 atom stereocenters. The summed E-state index contributed by atoms with van der Waals surface area (Å²) in [6, 6.07) is 9.39. The maximum atomic E-state index is 12.5. The summed E-state index contributed by atoms with van der Waals surface area (Å²) in [6.45, 7) is 1.65. The monoisotopic (exact) mass is 480 g/mol. The first kappa shape index (κ1) is 20.7. The summed E-state index contributed by atoms with van der Waals surface area (Å²) in [7, 11) is 0. The summed E-state index contributed by atoms with van der Waals surface area (Å²) in [5, 5.41) is 5.82. The number of amides is 1. The van der Waals surface area contributed by atoms with E-state index in [1.165, 1.54) is 0 Å². The number of rotatable bonds is 6. The van der Waals surface area contributed by atoms with Crippen LogP contribution in [0.4, 0.5) is 18.9 Å². The highest BCUT2D eigenvalue weighted by molar-refractivity contribution is 9.10. The van der Waals surface area contributed by atoms with Gasteiger partial charge in [0.15, 0.2) is 0 Å². The van der Waals surface area contributed by atoms with Crippen molar-refractivity contribution in [3.05, 3.63) is 52.3 Å². The number of imidazole rings is 1. The molecule has 2 N–H and O–H groups in total. The molecule has 3 aromatic rings. The fourth-order valence-electron chi connectivity index (χ4n) is 3.30. The van der Waals surface area contributed by atoms with Crippen LogP contribution in [0, 0.1) is 6.92 Å². The van der Waals surface area contributed by atoms with E-state index in [9.17, 15) is 18.0 Å². The molecule has 0 aliphatic heterocycles. The van der Waals surface area contributed by atoms with Crippen molar-refractivity contribution in [3.8, 4) is 5.69 Å². The third-order valence-corrected chi connectivity index (χ3v) is 5.44. The van der Waals surface area contributed by atoms with E-state index in [-0.39, 0.29) is 18.5 Å². The zero-order valence-electron chi connectivity index (χ0n) is 16.2.